The van der Waals surface area contributed by atoms with Crippen LogP contribution in [-0.2, 0) is 4.79 Å². The molecule has 4 nitrogen and oxygen atoms in total. The van der Waals surface area contributed by atoms with Gasteiger partial charge in [-0.05, 0) is 49.7 Å². The van der Waals surface area contributed by atoms with Crippen molar-refractivity contribution in [2.45, 2.75) is 13.8 Å². The Morgan fingerprint density at radius 3 is 2.64 bits per heavy atom. The Morgan fingerprint density at radius 2 is 1.96 bits per heavy atom. The van der Waals surface area contributed by atoms with E-state index >= 15 is 0 Å². The number of hydrogen-bond acceptors (Lipinski definition) is 2. The van der Waals surface area contributed by atoms with Crippen molar-refractivity contribution in [1.82, 2.24) is 4.90 Å². The number of halogens is 3. The van der Waals surface area contributed by atoms with Crippen molar-refractivity contribution in [3.8, 4) is 0 Å². The normalized spacial score (nSPS) is 10.4. The van der Waals surface area contributed by atoms with Crippen LogP contribution in [0.5, 0.6) is 0 Å². The molecule has 1 N–H and O–H groups in total. The summed E-state index contributed by atoms with van der Waals surface area (Å²) in [5.74, 6) is -1.55. The van der Waals surface area contributed by atoms with Gasteiger partial charge in [-0.3, -0.25) is 9.59 Å². The van der Waals surface area contributed by atoms with E-state index in [1.807, 2.05) is 6.92 Å². The maximum atomic E-state index is 13.9. The first-order chi connectivity index (χ1) is 11.8. The molecule has 2 aromatic carbocycles. The number of likely N-dealkylation sites (N-methyl/N-ethyl adjacent to an activating group) is 1. The number of rotatable bonds is 5. The summed E-state index contributed by atoms with van der Waals surface area (Å²) in [6.45, 7) is 3.65. The van der Waals surface area contributed by atoms with Crippen LogP contribution in [0.1, 0.15) is 22.8 Å². The Labute approximate surface area is 159 Å². The van der Waals surface area contributed by atoms with Crippen LogP contribution in [0.15, 0.2) is 40.9 Å². The second kappa shape index (κ2) is 8.45. The molecule has 0 atom stereocenters. The van der Waals surface area contributed by atoms with Gasteiger partial charge in [0.15, 0.2) is 0 Å². The minimum Gasteiger partial charge on any atom is -0.330 e. The smallest absolute Gasteiger partial charge is 0.257 e. The van der Waals surface area contributed by atoms with Crippen molar-refractivity contribution < 1.29 is 14.0 Å². The van der Waals surface area contributed by atoms with Crippen LogP contribution < -0.4 is 5.32 Å². The van der Waals surface area contributed by atoms with Crippen LogP contribution in [-0.4, -0.2) is 29.8 Å². The van der Waals surface area contributed by atoms with Gasteiger partial charge in [-0.25, -0.2) is 4.39 Å². The second-order valence-electron chi connectivity index (χ2n) is 5.45. The number of nitrogens with one attached hydrogen (secondary N) is 1. The summed E-state index contributed by atoms with van der Waals surface area (Å²) in [6.07, 6.45) is 0. The molecule has 0 radical (unpaired) electrons. The fourth-order valence-electron chi connectivity index (χ4n) is 2.25. The predicted molar refractivity (Wildman–Crippen MR) is 100 cm³/mol. The number of carbonyl (C=O) groups is 2. The van der Waals surface area contributed by atoms with Crippen molar-refractivity contribution in [2.75, 3.05) is 18.4 Å². The maximum Gasteiger partial charge on any atom is 0.257 e. The molecule has 2 aromatic rings. The van der Waals surface area contributed by atoms with Crippen LogP contribution in [0.25, 0.3) is 0 Å². The van der Waals surface area contributed by atoms with Gasteiger partial charge in [0, 0.05) is 21.7 Å². The van der Waals surface area contributed by atoms with Crippen LogP contribution in [0.3, 0.4) is 0 Å². The molecule has 0 heterocycles. The number of aryl methyl sites for hydroxylation is 1. The molecular formula is C18H17BrClFN2O2. The first-order valence-corrected chi connectivity index (χ1v) is 8.79. The number of anilines is 1. The van der Waals surface area contributed by atoms with Gasteiger partial charge < -0.3 is 10.2 Å². The van der Waals surface area contributed by atoms with Gasteiger partial charge in [0.2, 0.25) is 5.91 Å². The molecule has 0 saturated carbocycles. The van der Waals surface area contributed by atoms with Gasteiger partial charge in [0.1, 0.15) is 12.4 Å². The lowest BCUT2D eigenvalue weighted by molar-refractivity contribution is -0.116. The zero-order chi connectivity index (χ0) is 18.6. The topological polar surface area (TPSA) is 49.4 Å². The van der Waals surface area contributed by atoms with Gasteiger partial charge in [-0.2, -0.15) is 0 Å². The average Bonchev–Trinajstić information content (AvgIpc) is 2.57. The summed E-state index contributed by atoms with van der Waals surface area (Å²) in [4.78, 5) is 26.1. The Morgan fingerprint density at radius 1 is 1.24 bits per heavy atom. The Kier molecular flexibility index (Phi) is 6.56. The minimum absolute atomic E-state index is 0.0806. The third kappa shape index (κ3) is 5.03. The summed E-state index contributed by atoms with van der Waals surface area (Å²) in [7, 11) is 0. The molecule has 0 aliphatic heterocycles. The quantitative estimate of drug-likeness (QED) is 0.755. The van der Waals surface area contributed by atoms with Gasteiger partial charge >= 0.3 is 0 Å². The molecule has 0 spiro atoms. The molecular weight excluding hydrogens is 411 g/mol. The minimum atomic E-state index is -0.627. The fraction of sp³-hybridized carbons (Fsp3) is 0.222. The molecule has 2 amide bonds. The van der Waals surface area contributed by atoms with Crippen LogP contribution >= 0.6 is 27.5 Å². The summed E-state index contributed by atoms with van der Waals surface area (Å²) in [5.41, 5.74) is 1.35. The molecule has 0 aliphatic carbocycles. The fourth-order valence-corrected chi connectivity index (χ4v) is 2.78. The van der Waals surface area contributed by atoms with Crippen molar-refractivity contribution in [3.05, 3.63) is 62.8 Å². The third-order valence-corrected chi connectivity index (χ3v) is 4.36. The lowest BCUT2D eigenvalue weighted by Gasteiger charge is -2.21. The Bertz CT molecular complexity index is 814. The molecule has 0 bridgehead atoms. The van der Waals surface area contributed by atoms with Crippen molar-refractivity contribution >= 4 is 45.0 Å². The van der Waals surface area contributed by atoms with Crippen LogP contribution in [0.4, 0.5) is 10.1 Å². The predicted octanol–water partition coefficient (Wildman–Crippen LogP) is 4.65. The maximum absolute atomic E-state index is 13.9. The molecule has 0 saturated heterocycles. The van der Waals surface area contributed by atoms with Crippen molar-refractivity contribution in [3.63, 3.8) is 0 Å². The Balaban J connectivity index is 2.13. The van der Waals surface area contributed by atoms with E-state index in [0.29, 0.717) is 15.2 Å². The zero-order valence-electron chi connectivity index (χ0n) is 13.8. The van der Waals surface area contributed by atoms with Crippen molar-refractivity contribution in [2.24, 2.45) is 0 Å². The van der Waals surface area contributed by atoms with Gasteiger partial charge in [0.05, 0.1) is 5.56 Å². The molecule has 0 aliphatic rings. The highest BCUT2D eigenvalue weighted by Gasteiger charge is 2.21. The van der Waals surface area contributed by atoms with E-state index in [2.05, 4.69) is 21.2 Å². The number of carbonyl (C=O) groups excluding carboxylic acids is 2. The Hall–Kier alpha value is -1.92. The standard InChI is InChI=1S/C18H17BrClFN2O2/c1-3-23(18(25)14-8-12(19)5-7-15(14)21)10-17(24)22-16-9-13(20)6-4-11(16)2/h4-9H,3,10H2,1-2H3,(H,22,24). The van der Waals surface area contributed by atoms with Crippen LogP contribution in [0.2, 0.25) is 5.02 Å². The highest BCUT2D eigenvalue weighted by molar-refractivity contribution is 9.10. The van der Waals surface area contributed by atoms with E-state index in [9.17, 15) is 14.0 Å². The van der Waals surface area contributed by atoms with E-state index in [-0.39, 0.29) is 24.6 Å². The average molecular weight is 428 g/mol. The number of benzene rings is 2. The largest absolute Gasteiger partial charge is 0.330 e. The molecule has 132 valence electrons. The summed E-state index contributed by atoms with van der Waals surface area (Å²) < 4.78 is 14.5. The van der Waals surface area contributed by atoms with E-state index in [1.165, 1.54) is 23.1 Å². The van der Waals surface area contributed by atoms with Crippen molar-refractivity contribution in [1.29, 1.82) is 0 Å². The number of nitrogens with zero attached hydrogens (tertiary/aromatic N) is 1. The molecule has 0 aromatic heterocycles. The van der Waals surface area contributed by atoms with Gasteiger partial charge in [-0.1, -0.05) is 33.6 Å². The first-order valence-electron chi connectivity index (χ1n) is 7.62. The number of hydrogen-bond donors (Lipinski definition) is 1. The van der Waals surface area contributed by atoms with Crippen LogP contribution in [0, 0.1) is 12.7 Å². The van der Waals surface area contributed by atoms with E-state index in [1.54, 1.807) is 25.1 Å². The molecule has 0 unspecified atom stereocenters. The molecule has 0 fully saturated rings. The van der Waals surface area contributed by atoms with E-state index < -0.39 is 11.7 Å². The SMILES string of the molecule is CCN(CC(=O)Nc1cc(Cl)ccc1C)C(=O)c1cc(Br)ccc1F. The van der Waals surface area contributed by atoms with Gasteiger partial charge in [-0.15, -0.1) is 0 Å². The third-order valence-electron chi connectivity index (χ3n) is 3.64. The van der Waals surface area contributed by atoms with E-state index in [0.717, 1.165) is 5.56 Å². The molecule has 2 rings (SSSR count). The van der Waals surface area contributed by atoms with E-state index in [4.69, 9.17) is 11.6 Å². The summed E-state index contributed by atoms with van der Waals surface area (Å²) in [6, 6.07) is 9.28. The highest BCUT2D eigenvalue weighted by atomic mass is 79.9. The highest BCUT2D eigenvalue weighted by Crippen LogP contribution is 2.21. The molecule has 25 heavy (non-hydrogen) atoms. The lowest BCUT2D eigenvalue weighted by atomic mass is 10.2. The zero-order valence-corrected chi connectivity index (χ0v) is 16.1. The first kappa shape index (κ1) is 19.4. The second-order valence-corrected chi connectivity index (χ2v) is 6.80. The summed E-state index contributed by atoms with van der Waals surface area (Å²) in [5, 5.41) is 3.23. The van der Waals surface area contributed by atoms with Gasteiger partial charge in [0.25, 0.3) is 5.91 Å². The monoisotopic (exact) mass is 426 g/mol. The molecule has 7 heteroatoms. The lowest BCUT2D eigenvalue weighted by Crippen LogP contribution is -2.38. The number of amides is 2. The summed E-state index contributed by atoms with van der Waals surface area (Å²) >= 11 is 9.15.